The van der Waals surface area contributed by atoms with Crippen molar-refractivity contribution in [2.24, 2.45) is 10.9 Å². The number of aryl methyl sites for hydroxylation is 1. The first-order valence-electron chi connectivity index (χ1n) is 8.81. The summed E-state index contributed by atoms with van der Waals surface area (Å²) in [4.78, 5) is 4.22. The number of halogens is 1. The Morgan fingerprint density at radius 3 is 2.60 bits per heavy atom. The van der Waals surface area contributed by atoms with Gasteiger partial charge in [-0.05, 0) is 42.9 Å². The molecule has 0 unspecified atom stereocenters. The smallest absolute Gasteiger partial charge is 0.191 e. The van der Waals surface area contributed by atoms with Crippen molar-refractivity contribution in [1.29, 1.82) is 0 Å². The Morgan fingerprint density at radius 2 is 1.92 bits per heavy atom. The average molecular weight is 463 g/mol. The predicted molar refractivity (Wildman–Crippen MR) is 116 cm³/mol. The highest BCUT2D eigenvalue weighted by Crippen LogP contribution is 2.13. The lowest BCUT2D eigenvalue weighted by Gasteiger charge is -2.12. The number of hydrogen-bond acceptors (Lipinski definition) is 3. The molecule has 1 rings (SSSR count). The third-order valence-corrected chi connectivity index (χ3v) is 3.67. The molecule has 2 N–H and O–H groups in total. The summed E-state index contributed by atoms with van der Waals surface area (Å²) in [6, 6.07) is 8.21. The second kappa shape index (κ2) is 15.3. The van der Waals surface area contributed by atoms with Gasteiger partial charge in [0.1, 0.15) is 5.75 Å². The molecule has 1 aromatic rings. The molecule has 0 radical (unpaired) electrons. The topological polar surface area (TPSA) is 54.9 Å². The molecule has 0 saturated carbocycles. The minimum Gasteiger partial charge on any atom is -0.497 e. The Labute approximate surface area is 170 Å². The second-order valence-corrected chi connectivity index (χ2v) is 6.18. The molecule has 0 aliphatic rings. The highest BCUT2D eigenvalue weighted by atomic mass is 127. The van der Waals surface area contributed by atoms with Crippen molar-refractivity contribution in [1.82, 2.24) is 10.6 Å². The fraction of sp³-hybridized carbons (Fsp3) is 0.632. The van der Waals surface area contributed by atoms with Crippen LogP contribution in [-0.4, -0.2) is 46.4 Å². The zero-order chi connectivity index (χ0) is 17.6. The van der Waals surface area contributed by atoms with Crippen LogP contribution in [0.1, 0.15) is 32.3 Å². The number of guanidine groups is 1. The van der Waals surface area contributed by atoms with Crippen LogP contribution in [0, 0.1) is 5.92 Å². The molecule has 0 aliphatic carbocycles. The zero-order valence-corrected chi connectivity index (χ0v) is 18.3. The molecule has 0 heterocycles. The van der Waals surface area contributed by atoms with Crippen LogP contribution in [0.15, 0.2) is 29.3 Å². The molecule has 0 saturated heterocycles. The van der Waals surface area contributed by atoms with Gasteiger partial charge in [-0.3, -0.25) is 4.99 Å². The molecule has 0 spiro atoms. The fourth-order valence-electron chi connectivity index (χ4n) is 2.21. The third-order valence-electron chi connectivity index (χ3n) is 3.67. The van der Waals surface area contributed by atoms with Crippen LogP contribution in [0.2, 0.25) is 0 Å². The Morgan fingerprint density at radius 1 is 1.16 bits per heavy atom. The predicted octanol–water partition coefficient (Wildman–Crippen LogP) is 3.47. The molecule has 144 valence electrons. The Hall–Kier alpha value is -1.02. The summed E-state index contributed by atoms with van der Waals surface area (Å²) in [5.74, 6) is 2.43. The van der Waals surface area contributed by atoms with Gasteiger partial charge in [0, 0.05) is 26.7 Å². The van der Waals surface area contributed by atoms with Gasteiger partial charge in [0.25, 0.3) is 0 Å². The summed E-state index contributed by atoms with van der Waals surface area (Å²) in [5, 5.41) is 6.60. The standard InChI is InChI=1S/C19H33N3O2.HI/c1-16(2)10-13-24-14-12-22-19(20-3)21-11-6-8-17-7-5-9-18(15-17)23-4;/h5,7,9,15-16H,6,8,10-14H2,1-4H3,(H2,20,21,22);1H. The quantitative estimate of drug-likeness (QED) is 0.229. The maximum Gasteiger partial charge on any atom is 0.191 e. The van der Waals surface area contributed by atoms with E-state index in [0.29, 0.717) is 12.5 Å². The van der Waals surface area contributed by atoms with E-state index in [1.165, 1.54) is 5.56 Å². The van der Waals surface area contributed by atoms with Gasteiger partial charge in [0.05, 0.1) is 13.7 Å². The van der Waals surface area contributed by atoms with Crippen molar-refractivity contribution in [3.05, 3.63) is 29.8 Å². The van der Waals surface area contributed by atoms with E-state index in [-0.39, 0.29) is 24.0 Å². The largest absolute Gasteiger partial charge is 0.497 e. The number of hydrogen-bond donors (Lipinski definition) is 2. The molecule has 0 amide bonds. The van der Waals surface area contributed by atoms with E-state index in [9.17, 15) is 0 Å². The van der Waals surface area contributed by atoms with Crippen LogP contribution in [-0.2, 0) is 11.2 Å². The van der Waals surface area contributed by atoms with Crippen LogP contribution in [0.3, 0.4) is 0 Å². The van der Waals surface area contributed by atoms with Crippen LogP contribution >= 0.6 is 24.0 Å². The Bertz CT molecular complexity index is 481. The zero-order valence-electron chi connectivity index (χ0n) is 16.0. The molecule has 0 aromatic heterocycles. The van der Waals surface area contributed by atoms with Crippen LogP contribution in [0.25, 0.3) is 0 Å². The maximum atomic E-state index is 5.59. The first-order valence-corrected chi connectivity index (χ1v) is 8.81. The molecular weight excluding hydrogens is 429 g/mol. The lowest BCUT2D eigenvalue weighted by molar-refractivity contribution is 0.128. The van der Waals surface area contributed by atoms with Crippen molar-refractivity contribution in [2.45, 2.75) is 33.1 Å². The summed E-state index contributed by atoms with van der Waals surface area (Å²) < 4.78 is 10.8. The van der Waals surface area contributed by atoms with E-state index in [4.69, 9.17) is 9.47 Å². The minimum atomic E-state index is 0. The maximum absolute atomic E-state index is 5.59. The number of rotatable bonds is 11. The Kier molecular flexibility index (Phi) is 14.6. The van der Waals surface area contributed by atoms with Crippen molar-refractivity contribution >= 4 is 29.9 Å². The van der Waals surface area contributed by atoms with Crippen LogP contribution in [0.4, 0.5) is 0 Å². The summed E-state index contributed by atoms with van der Waals surface area (Å²) in [6.45, 7) is 7.60. The van der Waals surface area contributed by atoms with E-state index < -0.39 is 0 Å². The molecule has 1 aromatic carbocycles. The summed E-state index contributed by atoms with van der Waals surface area (Å²) in [5.41, 5.74) is 1.29. The first-order chi connectivity index (χ1) is 11.7. The molecule has 5 nitrogen and oxygen atoms in total. The highest BCUT2D eigenvalue weighted by Gasteiger charge is 1.99. The van der Waals surface area contributed by atoms with Gasteiger partial charge in [0.2, 0.25) is 0 Å². The summed E-state index contributed by atoms with van der Waals surface area (Å²) in [6.07, 6.45) is 3.16. The van der Waals surface area contributed by atoms with Crippen molar-refractivity contribution < 1.29 is 9.47 Å². The minimum absolute atomic E-state index is 0. The lowest BCUT2D eigenvalue weighted by atomic mass is 10.1. The average Bonchev–Trinajstić information content (AvgIpc) is 2.59. The highest BCUT2D eigenvalue weighted by molar-refractivity contribution is 14.0. The molecule has 0 atom stereocenters. The monoisotopic (exact) mass is 463 g/mol. The van der Waals surface area contributed by atoms with Crippen molar-refractivity contribution in [3.63, 3.8) is 0 Å². The third kappa shape index (κ3) is 12.0. The van der Waals surface area contributed by atoms with Crippen molar-refractivity contribution in [2.75, 3.05) is 40.5 Å². The number of benzene rings is 1. The van der Waals surface area contributed by atoms with Gasteiger partial charge in [0.15, 0.2) is 5.96 Å². The van der Waals surface area contributed by atoms with E-state index in [0.717, 1.165) is 50.7 Å². The molecule has 0 fully saturated rings. The van der Waals surface area contributed by atoms with Gasteiger partial charge in [-0.15, -0.1) is 24.0 Å². The lowest BCUT2D eigenvalue weighted by Crippen LogP contribution is -2.39. The number of ether oxygens (including phenoxy) is 2. The molecule has 0 bridgehead atoms. The summed E-state index contributed by atoms with van der Waals surface area (Å²) >= 11 is 0. The fourth-order valence-corrected chi connectivity index (χ4v) is 2.21. The van der Waals surface area contributed by atoms with Gasteiger partial charge in [-0.2, -0.15) is 0 Å². The van der Waals surface area contributed by atoms with E-state index in [2.05, 4.69) is 41.6 Å². The van der Waals surface area contributed by atoms with Crippen LogP contribution < -0.4 is 15.4 Å². The van der Waals surface area contributed by atoms with E-state index in [1.54, 1.807) is 14.2 Å². The number of methoxy groups -OCH3 is 1. The second-order valence-electron chi connectivity index (χ2n) is 6.18. The Balaban J connectivity index is 0.00000576. The van der Waals surface area contributed by atoms with E-state index >= 15 is 0 Å². The SMILES string of the molecule is CN=C(NCCCc1cccc(OC)c1)NCCOCCC(C)C.I. The van der Waals surface area contributed by atoms with Gasteiger partial charge in [-0.1, -0.05) is 26.0 Å². The molecule has 25 heavy (non-hydrogen) atoms. The first kappa shape index (κ1) is 24.0. The number of nitrogens with one attached hydrogen (secondary N) is 2. The van der Waals surface area contributed by atoms with Gasteiger partial charge in [-0.25, -0.2) is 0 Å². The number of nitrogens with zero attached hydrogens (tertiary/aromatic N) is 1. The van der Waals surface area contributed by atoms with E-state index in [1.807, 2.05) is 12.1 Å². The molecule has 0 aliphatic heterocycles. The van der Waals surface area contributed by atoms with Crippen molar-refractivity contribution in [3.8, 4) is 5.75 Å². The normalized spacial score (nSPS) is 11.2. The van der Waals surface area contributed by atoms with Crippen LogP contribution in [0.5, 0.6) is 5.75 Å². The molecule has 6 heteroatoms. The number of aliphatic imine (C=N–C) groups is 1. The van der Waals surface area contributed by atoms with Gasteiger partial charge >= 0.3 is 0 Å². The van der Waals surface area contributed by atoms with Gasteiger partial charge < -0.3 is 20.1 Å². The summed E-state index contributed by atoms with van der Waals surface area (Å²) in [7, 11) is 3.49. The molecular formula is C19H34IN3O2.